The SMILES string of the molecule is C=C=CCCCC1=CC(=O)CCC1. The third-order valence-corrected chi connectivity index (χ3v) is 2.28. The standard InChI is InChI=1S/C12H16O/c1-2-3-4-5-7-11-8-6-9-12(13)10-11/h3,10H,1,4-9H2. The summed E-state index contributed by atoms with van der Waals surface area (Å²) >= 11 is 0. The highest BCUT2D eigenvalue weighted by Gasteiger charge is 2.08. The minimum Gasteiger partial charge on any atom is -0.295 e. The van der Waals surface area contributed by atoms with Gasteiger partial charge in [0.2, 0.25) is 0 Å². The summed E-state index contributed by atoms with van der Waals surface area (Å²) in [6.07, 6.45) is 9.88. The first kappa shape index (κ1) is 10.0. The van der Waals surface area contributed by atoms with Gasteiger partial charge in [-0.25, -0.2) is 0 Å². The third-order valence-electron chi connectivity index (χ3n) is 2.28. The number of carbonyl (C=O) groups is 1. The molecular formula is C12H16O. The predicted molar refractivity (Wildman–Crippen MR) is 54.5 cm³/mol. The molecule has 1 heteroatoms. The molecule has 1 nitrogen and oxygen atoms in total. The fourth-order valence-electron chi connectivity index (χ4n) is 1.59. The van der Waals surface area contributed by atoms with E-state index in [0.717, 1.165) is 38.5 Å². The van der Waals surface area contributed by atoms with Gasteiger partial charge in [0.25, 0.3) is 0 Å². The Hall–Kier alpha value is -1.07. The summed E-state index contributed by atoms with van der Waals surface area (Å²) in [6.45, 7) is 3.51. The zero-order chi connectivity index (χ0) is 9.52. The topological polar surface area (TPSA) is 17.1 Å². The van der Waals surface area contributed by atoms with Crippen molar-refractivity contribution in [1.82, 2.24) is 0 Å². The van der Waals surface area contributed by atoms with Crippen molar-refractivity contribution >= 4 is 5.78 Å². The van der Waals surface area contributed by atoms with Crippen LogP contribution in [0.25, 0.3) is 0 Å². The van der Waals surface area contributed by atoms with Crippen LogP contribution in [0, 0.1) is 0 Å². The highest BCUT2D eigenvalue weighted by molar-refractivity contribution is 5.91. The molecule has 0 amide bonds. The Morgan fingerprint density at radius 3 is 3.08 bits per heavy atom. The number of unbranched alkanes of at least 4 members (excludes halogenated alkanes) is 1. The molecule has 0 aliphatic heterocycles. The molecule has 0 bridgehead atoms. The van der Waals surface area contributed by atoms with Crippen molar-refractivity contribution in [3.63, 3.8) is 0 Å². The first-order valence-electron chi connectivity index (χ1n) is 4.89. The highest BCUT2D eigenvalue weighted by Crippen LogP contribution is 2.20. The Bertz CT molecular complexity index is 254. The van der Waals surface area contributed by atoms with Gasteiger partial charge in [-0.05, 0) is 44.3 Å². The van der Waals surface area contributed by atoms with E-state index in [4.69, 9.17) is 0 Å². The van der Waals surface area contributed by atoms with Gasteiger partial charge in [0, 0.05) is 6.42 Å². The van der Waals surface area contributed by atoms with Crippen LogP contribution in [0.4, 0.5) is 0 Å². The Kier molecular flexibility index (Phi) is 4.28. The molecule has 0 aromatic carbocycles. The Labute approximate surface area is 79.8 Å². The van der Waals surface area contributed by atoms with E-state index in [1.807, 2.05) is 12.2 Å². The minimum absolute atomic E-state index is 0.306. The molecule has 1 aliphatic rings. The largest absolute Gasteiger partial charge is 0.295 e. The average Bonchev–Trinajstić information content (AvgIpc) is 2.13. The van der Waals surface area contributed by atoms with E-state index in [-0.39, 0.29) is 0 Å². The van der Waals surface area contributed by atoms with E-state index in [0.29, 0.717) is 5.78 Å². The number of hydrogen-bond acceptors (Lipinski definition) is 1. The molecule has 0 spiro atoms. The maximum Gasteiger partial charge on any atom is 0.155 e. The minimum atomic E-state index is 0.306. The van der Waals surface area contributed by atoms with Crippen molar-refractivity contribution in [2.24, 2.45) is 0 Å². The average molecular weight is 176 g/mol. The van der Waals surface area contributed by atoms with E-state index < -0.39 is 0 Å². The second kappa shape index (κ2) is 5.55. The van der Waals surface area contributed by atoms with Crippen molar-refractivity contribution in [1.29, 1.82) is 0 Å². The highest BCUT2D eigenvalue weighted by atomic mass is 16.1. The number of hydrogen-bond donors (Lipinski definition) is 0. The third kappa shape index (κ3) is 3.91. The molecule has 13 heavy (non-hydrogen) atoms. The Balaban J connectivity index is 2.27. The molecule has 1 aliphatic carbocycles. The Morgan fingerprint density at radius 2 is 2.38 bits per heavy atom. The molecule has 0 aromatic heterocycles. The van der Waals surface area contributed by atoms with Gasteiger partial charge in [-0.2, -0.15) is 0 Å². The van der Waals surface area contributed by atoms with E-state index in [1.165, 1.54) is 5.57 Å². The van der Waals surface area contributed by atoms with Crippen LogP contribution in [0.15, 0.2) is 30.0 Å². The lowest BCUT2D eigenvalue weighted by Crippen LogP contribution is -2.02. The maximum atomic E-state index is 11.1. The fourth-order valence-corrected chi connectivity index (χ4v) is 1.59. The van der Waals surface area contributed by atoms with E-state index in [1.54, 1.807) is 0 Å². The normalized spacial score (nSPS) is 16.3. The van der Waals surface area contributed by atoms with Gasteiger partial charge < -0.3 is 0 Å². The number of allylic oxidation sites excluding steroid dienone is 3. The zero-order valence-corrected chi connectivity index (χ0v) is 8.01. The summed E-state index contributed by atoms with van der Waals surface area (Å²) in [4.78, 5) is 11.1. The monoisotopic (exact) mass is 176 g/mol. The van der Waals surface area contributed by atoms with Crippen LogP contribution < -0.4 is 0 Å². The van der Waals surface area contributed by atoms with Crippen molar-refractivity contribution in [3.05, 3.63) is 30.0 Å². The zero-order valence-electron chi connectivity index (χ0n) is 8.01. The van der Waals surface area contributed by atoms with Crippen LogP contribution in [0.3, 0.4) is 0 Å². The lowest BCUT2D eigenvalue weighted by molar-refractivity contribution is -0.115. The van der Waals surface area contributed by atoms with Crippen LogP contribution in [0.2, 0.25) is 0 Å². The first-order chi connectivity index (χ1) is 6.33. The van der Waals surface area contributed by atoms with E-state index in [2.05, 4.69) is 12.3 Å². The quantitative estimate of drug-likeness (QED) is 0.475. The van der Waals surface area contributed by atoms with Crippen LogP contribution in [0.1, 0.15) is 38.5 Å². The van der Waals surface area contributed by atoms with E-state index >= 15 is 0 Å². The molecular weight excluding hydrogens is 160 g/mol. The molecule has 0 aromatic rings. The molecule has 70 valence electrons. The Morgan fingerprint density at radius 1 is 1.54 bits per heavy atom. The number of ketones is 1. The summed E-state index contributed by atoms with van der Waals surface area (Å²) in [5.41, 5.74) is 4.08. The van der Waals surface area contributed by atoms with Gasteiger partial charge >= 0.3 is 0 Å². The van der Waals surface area contributed by atoms with Crippen molar-refractivity contribution in [2.45, 2.75) is 38.5 Å². The van der Waals surface area contributed by atoms with Gasteiger partial charge in [-0.1, -0.05) is 12.2 Å². The lowest BCUT2D eigenvalue weighted by atomic mass is 9.95. The second-order valence-corrected chi connectivity index (χ2v) is 3.42. The maximum absolute atomic E-state index is 11.1. The summed E-state index contributed by atoms with van der Waals surface area (Å²) in [7, 11) is 0. The molecule has 0 fully saturated rings. The fraction of sp³-hybridized carbons (Fsp3) is 0.500. The molecule has 0 saturated carbocycles. The second-order valence-electron chi connectivity index (χ2n) is 3.42. The predicted octanol–water partition coefficient (Wildman–Crippen LogP) is 3.18. The summed E-state index contributed by atoms with van der Waals surface area (Å²) in [5.74, 6) is 0.306. The number of carbonyl (C=O) groups excluding carboxylic acids is 1. The smallest absolute Gasteiger partial charge is 0.155 e. The van der Waals surface area contributed by atoms with Gasteiger partial charge in [0.05, 0.1) is 0 Å². The van der Waals surface area contributed by atoms with E-state index in [9.17, 15) is 4.79 Å². The van der Waals surface area contributed by atoms with Gasteiger partial charge in [-0.15, -0.1) is 5.73 Å². The summed E-state index contributed by atoms with van der Waals surface area (Å²) in [6, 6.07) is 0. The number of rotatable bonds is 4. The van der Waals surface area contributed by atoms with Crippen LogP contribution in [-0.4, -0.2) is 5.78 Å². The first-order valence-corrected chi connectivity index (χ1v) is 4.89. The molecule has 0 heterocycles. The summed E-state index contributed by atoms with van der Waals surface area (Å²) in [5, 5.41) is 0. The van der Waals surface area contributed by atoms with Gasteiger partial charge in [0.1, 0.15) is 0 Å². The molecule has 1 rings (SSSR count). The van der Waals surface area contributed by atoms with Crippen LogP contribution >= 0.6 is 0 Å². The van der Waals surface area contributed by atoms with Crippen LogP contribution in [0.5, 0.6) is 0 Å². The molecule has 0 N–H and O–H groups in total. The molecule has 0 atom stereocenters. The molecule has 0 saturated heterocycles. The van der Waals surface area contributed by atoms with Gasteiger partial charge in [-0.3, -0.25) is 4.79 Å². The lowest BCUT2D eigenvalue weighted by Gasteiger charge is -2.10. The van der Waals surface area contributed by atoms with Crippen molar-refractivity contribution in [3.8, 4) is 0 Å². The van der Waals surface area contributed by atoms with Crippen molar-refractivity contribution in [2.75, 3.05) is 0 Å². The van der Waals surface area contributed by atoms with Crippen molar-refractivity contribution < 1.29 is 4.79 Å². The van der Waals surface area contributed by atoms with Crippen LogP contribution in [-0.2, 0) is 4.79 Å². The van der Waals surface area contributed by atoms with Gasteiger partial charge in [0.15, 0.2) is 5.78 Å². The molecule has 0 unspecified atom stereocenters. The summed E-state index contributed by atoms with van der Waals surface area (Å²) < 4.78 is 0. The molecule has 0 radical (unpaired) electrons.